The van der Waals surface area contributed by atoms with Crippen molar-refractivity contribution in [2.45, 2.75) is 39.0 Å². The molecule has 0 N–H and O–H groups in total. The fourth-order valence-electron chi connectivity index (χ4n) is 3.93. The minimum Gasteiger partial charge on any atom is -0.347 e. The number of amides is 1. The number of likely N-dealkylation sites (tertiary alicyclic amines) is 1. The smallest absolute Gasteiger partial charge is 0.272 e. The van der Waals surface area contributed by atoms with Gasteiger partial charge in [0.25, 0.3) is 5.91 Å². The van der Waals surface area contributed by atoms with Crippen LogP contribution in [-0.4, -0.2) is 59.4 Å². The number of nitrogens with zero attached hydrogens (tertiary/aromatic N) is 4. The van der Waals surface area contributed by atoms with Gasteiger partial charge in [0.2, 0.25) is 5.95 Å². The van der Waals surface area contributed by atoms with Crippen LogP contribution in [0.4, 0.5) is 5.95 Å². The Kier molecular flexibility index (Phi) is 5.78. The Labute approximate surface area is 171 Å². The van der Waals surface area contributed by atoms with E-state index >= 15 is 0 Å². The van der Waals surface area contributed by atoms with E-state index < -0.39 is 5.79 Å². The molecule has 0 bridgehead atoms. The molecule has 1 aromatic carbocycles. The molecule has 3 heterocycles. The van der Waals surface area contributed by atoms with Crippen molar-refractivity contribution < 1.29 is 14.3 Å². The molecule has 2 saturated heterocycles. The van der Waals surface area contributed by atoms with Crippen molar-refractivity contribution in [3.05, 3.63) is 53.3 Å². The van der Waals surface area contributed by atoms with Gasteiger partial charge in [-0.1, -0.05) is 30.3 Å². The van der Waals surface area contributed by atoms with Crippen LogP contribution in [0.3, 0.4) is 0 Å². The average Bonchev–Trinajstić information content (AvgIpc) is 3.20. The Morgan fingerprint density at radius 3 is 2.48 bits per heavy atom. The topological polar surface area (TPSA) is 67.8 Å². The summed E-state index contributed by atoms with van der Waals surface area (Å²) in [6.45, 7) is 7.93. The highest BCUT2D eigenvalue weighted by molar-refractivity contribution is 5.92. The average molecular weight is 396 g/mol. The van der Waals surface area contributed by atoms with Crippen LogP contribution >= 0.6 is 0 Å². The molecule has 0 radical (unpaired) electrons. The van der Waals surface area contributed by atoms with Crippen molar-refractivity contribution in [3.8, 4) is 0 Å². The van der Waals surface area contributed by atoms with Crippen molar-refractivity contribution >= 4 is 11.9 Å². The summed E-state index contributed by atoms with van der Waals surface area (Å²) in [6.07, 6.45) is 1.40. The van der Waals surface area contributed by atoms with Gasteiger partial charge in [-0.3, -0.25) is 4.79 Å². The lowest BCUT2D eigenvalue weighted by molar-refractivity contribution is -0.181. The van der Waals surface area contributed by atoms with E-state index in [-0.39, 0.29) is 5.91 Å². The number of carbonyl (C=O) groups excluding carboxylic acids is 1. The molecule has 1 spiro atoms. The quantitative estimate of drug-likeness (QED) is 0.774. The molecule has 29 heavy (non-hydrogen) atoms. The molecule has 0 saturated carbocycles. The largest absolute Gasteiger partial charge is 0.347 e. The van der Waals surface area contributed by atoms with Crippen LogP contribution in [0, 0.1) is 6.92 Å². The van der Waals surface area contributed by atoms with Crippen LogP contribution in [0.5, 0.6) is 0 Å². The van der Waals surface area contributed by atoms with Crippen molar-refractivity contribution in [2.24, 2.45) is 0 Å². The van der Waals surface area contributed by atoms with Gasteiger partial charge in [0.1, 0.15) is 5.69 Å². The summed E-state index contributed by atoms with van der Waals surface area (Å²) in [5, 5.41) is 0. The number of hydrogen-bond acceptors (Lipinski definition) is 6. The molecule has 7 nitrogen and oxygen atoms in total. The van der Waals surface area contributed by atoms with E-state index in [2.05, 4.69) is 33.9 Å². The van der Waals surface area contributed by atoms with E-state index in [1.807, 2.05) is 30.0 Å². The summed E-state index contributed by atoms with van der Waals surface area (Å²) in [6, 6.07) is 12.0. The van der Waals surface area contributed by atoms with Gasteiger partial charge in [-0.05, 0) is 25.5 Å². The summed E-state index contributed by atoms with van der Waals surface area (Å²) in [5.74, 6) is 0.0501. The predicted molar refractivity (Wildman–Crippen MR) is 110 cm³/mol. The van der Waals surface area contributed by atoms with Gasteiger partial charge in [0.05, 0.1) is 13.2 Å². The Morgan fingerprint density at radius 1 is 1.14 bits per heavy atom. The highest BCUT2D eigenvalue weighted by atomic mass is 16.7. The molecule has 1 amide bonds. The first-order valence-corrected chi connectivity index (χ1v) is 10.3. The van der Waals surface area contributed by atoms with Crippen molar-refractivity contribution in [2.75, 3.05) is 37.7 Å². The summed E-state index contributed by atoms with van der Waals surface area (Å²) < 4.78 is 11.5. The Bertz CT molecular complexity index is 842. The number of carbonyl (C=O) groups is 1. The van der Waals surface area contributed by atoms with Gasteiger partial charge in [-0.2, -0.15) is 0 Å². The van der Waals surface area contributed by atoms with Crippen LogP contribution in [-0.2, 0) is 16.0 Å². The third-order valence-corrected chi connectivity index (χ3v) is 5.57. The zero-order valence-corrected chi connectivity index (χ0v) is 17.1. The molecule has 0 unspecified atom stereocenters. The molecular formula is C22H28N4O3. The van der Waals surface area contributed by atoms with Gasteiger partial charge < -0.3 is 19.3 Å². The Balaban J connectivity index is 1.49. The van der Waals surface area contributed by atoms with Crippen LogP contribution in [0.25, 0.3) is 0 Å². The molecule has 0 atom stereocenters. The van der Waals surface area contributed by atoms with Gasteiger partial charge in [0, 0.05) is 44.7 Å². The summed E-state index contributed by atoms with van der Waals surface area (Å²) in [5.41, 5.74) is 2.43. The third kappa shape index (κ3) is 4.41. The second-order valence-electron chi connectivity index (χ2n) is 7.59. The summed E-state index contributed by atoms with van der Waals surface area (Å²) >= 11 is 0. The number of hydrogen-bond donors (Lipinski definition) is 0. The number of aromatic nitrogens is 2. The zero-order chi connectivity index (χ0) is 20.3. The molecule has 0 aliphatic carbocycles. The minimum absolute atomic E-state index is 0.0552. The Morgan fingerprint density at radius 2 is 1.83 bits per heavy atom. The number of piperidine rings is 1. The number of rotatable bonds is 5. The second-order valence-corrected chi connectivity index (χ2v) is 7.59. The molecule has 154 valence electrons. The highest BCUT2D eigenvalue weighted by Gasteiger charge is 2.41. The molecule has 4 rings (SSSR count). The number of anilines is 1. The SMILES string of the molecule is CCN(Cc1ccccc1)c1nc(C)cc(C(=O)N2CCC3(CC2)OCCO3)n1. The lowest BCUT2D eigenvalue weighted by atomic mass is 10.0. The van der Waals surface area contributed by atoms with Gasteiger partial charge in [-0.25, -0.2) is 9.97 Å². The van der Waals surface area contributed by atoms with Crippen LogP contribution in [0.2, 0.25) is 0 Å². The van der Waals surface area contributed by atoms with Crippen LogP contribution in [0.1, 0.15) is 41.5 Å². The van der Waals surface area contributed by atoms with Gasteiger partial charge in [-0.15, -0.1) is 0 Å². The molecule has 2 fully saturated rings. The number of benzene rings is 1. The van der Waals surface area contributed by atoms with Crippen molar-refractivity contribution in [1.29, 1.82) is 0 Å². The van der Waals surface area contributed by atoms with Crippen LogP contribution in [0.15, 0.2) is 36.4 Å². The highest BCUT2D eigenvalue weighted by Crippen LogP contribution is 2.31. The summed E-state index contributed by atoms with van der Waals surface area (Å²) in [4.78, 5) is 26.3. The first-order valence-electron chi connectivity index (χ1n) is 10.3. The number of ether oxygens (including phenoxy) is 2. The monoisotopic (exact) mass is 396 g/mol. The maximum atomic E-state index is 13.1. The normalized spacial score (nSPS) is 18.2. The van der Waals surface area contributed by atoms with E-state index in [0.29, 0.717) is 57.3 Å². The number of aryl methyl sites for hydroxylation is 1. The summed E-state index contributed by atoms with van der Waals surface area (Å²) in [7, 11) is 0. The van der Waals surface area contributed by atoms with E-state index in [1.165, 1.54) is 5.56 Å². The van der Waals surface area contributed by atoms with Gasteiger partial charge >= 0.3 is 0 Å². The second kappa shape index (κ2) is 8.47. The molecule has 2 aromatic rings. The fraction of sp³-hybridized carbons (Fsp3) is 0.500. The van der Waals surface area contributed by atoms with Gasteiger partial charge in [0.15, 0.2) is 5.79 Å². The first-order chi connectivity index (χ1) is 14.1. The molecule has 1 aromatic heterocycles. The molecule has 2 aliphatic heterocycles. The van der Waals surface area contributed by atoms with E-state index in [4.69, 9.17) is 9.47 Å². The molecule has 2 aliphatic rings. The van der Waals surface area contributed by atoms with Crippen molar-refractivity contribution in [1.82, 2.24) is 14.9 Å². The van der Waals surface area contributed by atoms with E-state index in [0.717, 1.165) is 12.2 Å². The first kappa shape index (κ1) is 19.8. The third-order valence-electron chi connectivity index (χ3n) is 5.57. The fourth-order valence-corrected chi connectivity index (χ4v) is 3.93. The maximum absolute atomic E-state index is 13.1. The lowest BCUT2D eigenvalue weighted by Gasteiger charge is -2.37. The van der Waals surface area contributed by atoms with E-state index in [1.54, 1.807) is 6.07 Å². The molecule has 7 heteroatoms. The van der Waals surface area contributed by atoms with Crippen LogP contribution < -0.4 is 4.90 Å². The Hall–Kier alpha value is -2.51. The minimum atomic E-state index is -0.488. The zero-order valence-electron chi connectivity index (χ0n) is 17.1. The van der Waals surface area contributed by atoms with E-state index in [9.17, 15) is 4.79 Å². The standard InChI is InChI=1S/C22H28N4O3/c1-3-25(16-18-7-5-4-6-8-18)21-23-17(2)15-19(24-21)20(27)26-11-9-22(10-12-26)28-13-14-29-22/h4-8,15H,3,9-14,16H2,1-2H3. The van der Waals surface area contributed by atoms with Crippen molar-refractivity contribution in [3.63, 3.8) is 0 Å². The predicted octanol–water partition coefficient (Wildman–Crippen LogP) is 2.79. The maximum Gasteiger partial charge on any atom is 0.272 e. The lowest BCUT2D eigenvalue weighted by Crippen LogP contribution is -2.47. The molecular weight excluding hydrogens is 368 g/mol.